The van der Waals surface area contributed by atoms with Crippen LogP contribution in [0.25, 0.3) is 11.4 Å². The highest BCUT2D eigenvalue weighted by atomic mass is 35.5. The van der Waals surface area contributed by atoms with Crippen LogP contribution in [0.1, 0.15) is 28.5 Å². The zero-order valence-electron chi connectivity index (χ0n) is 14.8. The number of anilines is 3. The van der Waals surface area contributed by atoms with Crippen LogP contribution in [0.4, 0.5) is 17.3 Å². The first kappa shape index (κ1) is 17.4. The summed E-state index contributed by atoms with van der Waals surface area (Å²) in [7, 11) is 0. The first-order valence-corrected chi connectivity index (χ1v) is 9.12. The van der Waals surface area contributed by atoms with E-state index in [-0.39, 0.29) is 11.9 Å². The standard InChI is InChI=1S/C19H19ClN6O/c1-2-10-11(20)4-3-5-12(10)24-17-15-13(6-8-22-18(15)27)25-16(17)14-7-9-23-19(21)26-14/h3-5,7,9,24-25H,2,6,8H2,1H3,(H,22,27)(H2,21,23,26). The summed E-state index contributed by atoms with van der Waals surface area (Å²) in [5.41, 5.74) is 11.0. The number of hydrogen-bond donors (Lipinski definition) is 4. The Morgan fingerprint density at radius 3 is 2.96 bits per heavy atom. The van der Waals surface area contributed by atoms with Gasteiger partial charge in [0.25, 0.3) is 5.91 Å². The maximum absolute atomic E-state index is 12.6. The summed E-state index contributed by atoms with van der Waals surface area (Å²) in [6, 6.07) is 7.45. The number of H-pyrrole nitrogens is 1. The SMILES string of the molecule is CCc1c(Cl)cccc1Nc1c(-c2ccnc(N)n2)[nH]c2c1C(=O)NCC2. The van der Waals surface area contributed by atoms with Gasteiger partial charge in [-0.1, -0.05) is 24.6 Å². The van der Waals surface area contributed by atoms with Crippen LogP contribution in [0.3, 0.4) is 0 Å². The predicted molar refractivity (Wildman–Crippen MR) is 106 cm³/mol. The highest BCUT2D eigenvalue weighted by molar-refractivity contribution is 6.31. The van der Waals surface area contributed by atoms with E-state index in [4.69, 9.17) is 17.3 Å². The Kier molecular flexibility index (Phi) is 4.45. The van der Waals surface area contributed by atoms with Gasteiger partial charge in [0.15, 0.2) is 0 Å². The first-order chi connectivity index (χ1) is 13.1. The highest BCUT2D eigenvalue weighted by Crippen LogP contribution is 2.37. The minimum atomic E-state index is -0.122. The number of benzene rings is 1. The van der Waals surface area contributed by atoms with Gasteiger partial charge in [-0.25, -0.2) is 9.97 Å². The lowest BCUT2D eigenvalue weighted by Crippen LogP contribution is -2.31. The molecular weight excluding hydrogens is 364 g/mol. The number of rotatable bonds is 4. The molecule has 1 amide bonds. The number of nitrogens with zero attached hydrogens (tertiary/aromatic N) is 2. The monoisotopic (exact) mass is 382 g/mol. The van der Waals surface area contributed by atoms with Crippen molar-refractivity contribution in [1.82, 2.24) is 20.3 Å². The number of aromatic amines is 1. The van der Waals surface area contributed by atoms with Gasteiger partial charge in [0.2, 0.25) is 5.95 Å². The Labute approximate surface area is 161 Å². The molecule has 1 aromatic carbocycles. The first-order valence-electron chi connectivity index (χ1n) is 8.74. The molecule has 1 aliphatic rings. The van der Waals surface area contributed by atoms with Gasteiger partial charge in [-0.2, -0.15) is 0 Å². The van der Waals surface area contributed by atoms with E-state index in [2.05, 4.69) is 25.6 Å². The van der Waals surface area contributed by atoms with Crippen LogP contribution in [0.2, 0.25) is 5.02 Å². The summed E-state index contributed by atoms with van der Waals surface area (Å²) in [5, 5.41) is 6.99. The number of halogens is 1. The predicted octanol–water partition coefficient (Wildman–Crippen LogP) is 3.30. The summed E-state index contributed by atoms with van der Waals surface area (Å²) in [6.45, 7) is 2.63. The number of nitrogens with two attached hydrogens (primary N) is 1. The van der Waals surface area contributed by atoms with Crippen molar-refractivity contribution in [3.63, 3.8) is 0 Å². The van der Waals surface area contributed by atoms with Gasteiger partial charge in [0.1, 0.15) is 0 Å². The number of amides is 1. The second-order valence-electron chi connectivity index (χ2n) is 6.28. The summed E-state index contributed by atoms with van der Waals surface area (Å²) in [6.07, 6.45) is 3.07. The average molecular weight is 383 g/mol. The summed E-state index contributed by atoms with van der Waals surface area (Å²) >= 11 is 6.36. The molecule has 3 heterocycles. The topological polar surface area (TPSA) is 109 Å². The molecule has 0 atom stereocenters. The van der Waals surface area contributed by atoms with Crippen LogP contribution in [-0.4, -0.2) is 27.4 Å². The Bertz CT molecular complexity index is 1030. The molecule has 3 aromatic rings. The molecule has 0 spiro atoms. The third-order valence-corrected chi connectivity index (χ3v) is 4.98. The fourth-order valence-corrected chi connectivity index (χ4v) is 3.69. The van der Waals surface area contributed by atoms with Crippen molar-refractivity contribution in [3.05, 3.63) is 52.3 Å². The van der Waals surface area contributed by atoms with E-state index in [0.29, 0.717) is 40.6 Å². The lowest BCUT2D eigenvalue weighted by atomic mass is 10.1. The van der Waals surface area contributed by atoms with Crippen molar-refractivity contribution in [2.45, 2.75) is 19.8 Å². The summed E-state index contributed by atoms with van der Waals surface area (Å²) < 4.78 is 0. The molecule has 1 aliphatic heterocycles. The van der Waals surface area contributed by atoms with Gasteiger partial charge < -0.3 is 21.4 Å². The molecule has 0 bridgehead atoms. The molecule has 5 N–H and O–H groups in total. The maximum atomic E-state index is 12.6. The lowest BCUT2D eigenvalue weighted by molar-refractivity contribution is 0.0947. The normalized spacial score (nSPS) is 13.2. The number of nitrogen functional groups attached to an aromatic ring is 1. The number of aromatic nitrogens is 3. The van der Waals surface area contributed by atoms with Gasteiger partial charge in [0, 0.05) is 35.6 Å². The lowest BCUT2D eigenvalue weighted by Gasteiger charge is -2.17. The zero-order chi connectivity index (χ0) is 19.0. The van der Waals surface area contributed by atoms with Gasteiger partial charge in [-0.15, -0.1) is 0 Å². The molecule has 138 valence electrons. The largest absolute Gasteiger partial charge is 0.368 e. The third kappa shape index (κ3) is 3.10. The Balaban J connectivity index is 1.90. The molecule has 8 heteroatoms. The van der Waals surface area contributed by atoms with Gasteiger partial charge in [-0.05, 0) is 30.2 Å². The van der Waals surface area contributed by atoms with E-state index in [1.54, 1.807) is 12.3 Å². The number of hydrogen-bond acceptors (Lipinski definition) is 5. The van der Waals surface area contributed by atoms with Crippen LogP contribution in [0.5, 0.6) is 0 Å². The van der Waals surface area contributed by atoms with Crippen molar-refractivity contribution in [1.29, 1.82) is 0 Å². The Morgan fingerprint density at radius 2 is 2.19 bits per heavy atom. The van der Waals surface area contributed by atoms with Crippen LogP contribution in [0, 0.1) is 0 Å². The molecule has 0 unspecified atom stereocenters. The highest BCUT2D eigenvalue weighted by Gasteiger charge is 2.28. The van der Waals surface area contributed by atoms with Crippen molar-refractivity contribution >= 4 is 34.8 Å². The van der Waals surface area contributed by atoms with Crippen molar-refractivity contribution < 1.29 is 4.79 Å². The second-order valence-corrected chi connectivity index (χ2v) is 6.69. The number of carbonyl (C=O) groups is 1. The van der Waals surface area contributed by atoms with E-state index < -0.39 is 0 Å². The second kappa shape index (κ2) is 6.92. The van der Waals surface area contributed by atoms with Crippen molar-refractivity contribution in [3.8, 4) is 11.4 Å². The van der Waals surface area contributed by atoms with Crippen LogP contribution in [0.15, 0.2) is 30.5 Å². The molecule has 2 aromatic heterocycles. The average Bonchev–Trinajstić information content (AvgIpc) is 3.02. The molecule has 0 saturated heterocycles. The summed E-state index contributed by atoms with van der Waals surface area (Å²) in [4.78, 5) is 24.2. The van der Waals surface area contributed by atoms with Gasteiger partial charge >= 0.3 is 0 Å². The zero-order valence-corrected chi connectivity index (χ0v) is 15.5. The maximum Gasteiger partial charge on any atom is 0.255 e. The molecule has 4 rings (SSSR count). The molecular formula is C19H19ClN6O. The van der Waals surface area contributed by atoms with E-state index in [9.17, 15) is 4.79 Å². The molecule has 0 fully saturated rings. The molecule has 0 saturated carbocycles. The smallest absolute Gasteiger partial charge is 0.255 e. The van der Waals surface area contributed by atoms with Crippen LogP contribution >= 0.6 is 11.6 Å². The van der Waals surface area contributed by atoms with Crippen LogP contribution in [-0.2, 0) is 12.8 Å². The van der Waals surface area contributed by atoms with E-state index in [1.807, 2.05) is 25.1 Å². The van der Waals surface area contributed by atoms with E-state index in [1.165, 1.54) is 0 Å². The van der Waals surface area contributed by atoms with Crippen molar-refractivity contribution in [2.75, 3.05) is 17.6 Å². The minimum absolute atomic E-state index is 0.122. The molecule has 0 aliphatic carbocycles. The summed E-state index contributed by atoms with van der Waals surface area (Å²) in [5.74, 6) is 0.0517. The van der Waals surface area contributed by atoms with Crippen molar-refractivity contribution in [2.24, 2.45) is 0 Å². The number of carbonyl (C=O) groups excluding carboxylic acids is 1. The number of nitrogens with one attached hydrogen (secondary N) is 3. The fourth-order valence-electron chi connectivity index (χ4n) is 3.38. The fraction of sp³-hybridized carbons (Fsp3) is 0.211. The third-order valence-electron chi connectivity index (χ3n) is 4.63. The molecule has 0 radical (unpaired) electrons. The molecule has 27 heavy (non-hydrogen) atoms. The quantitative estimate of drug-likeness (QED) is 0.553. The number of fused-ring (bicyclic) bond motifs is 1. The van der Waals surface area contributed by atoms with Gasteiger partial charge in [-0.3, -0.25) is 4.79 Å². The Hall–Kier alpha value is -3.06. The van der Waals surface area contributed by atoms with Gasteiger partial charge in [0.05, 0.1) is 22.6 Å². The minimum Gasteiger partial charge on any atom is -0.368 e. The van der Waals surface area contributed by atoms with E-state index in [0.717, 1.165) is 23.4 Å². The van der Waals surface area contributed by atoms with E-state index >= 15 is 0 Å². The molecule has 7 nitrogen and oxygen atoms in total. The Morgan fingerprint density at radius 1 is 1.33 bits per heavy atom. The van der Waals surface area contributed by atoms with Crippen LogP contribution < -0.4 is 16.4 Å².